The SMILES string of the molecule is C=CC(=O)OCCOc1ccc(OCC(O)COc2ccc(OCCOC(=O)C=C)c3oc(C(=O)O)cc(=O)c23)c2c(=O)cc(C(=O)O)oc12. The third-order valence-electron chi connectivity index (χ3n) is 6.40. The molecule has 0 bridgehead atoms. The molecule has 0 aliphatic heterocycles. The molecule has 0 unspecified atom stereocenters. The fraction of sp³-hybridized carbons (Fsp3) is 0.212. The molecule has 4 aromatic rings. The highest BCUT2D eigenvalue weighted by Gasteiger charge is 2.22. The number of aliphatic hydroxyl groups is 1. The molecule has 0 radical (unpaired) electrons. The van der Waals surface area contributed by atoms with Crippen molar-refractivity contribution in [3.8, 4) is 23.0 Å². The molecular weight excluding hydrogens is 668 g/mol. The van der Waals surface area contributed by atoms with E-state index in [1.54, 1.807) is 0 Å². The summed E-state index contributed by atoms with van der Waals surface area (Å²) in [5.74, 6) is -6.15. The van der Waals surface area contributed by atoms with Crippen molar-refractivity contribution in [1.82, 2.24) is 0 Å². The number of carbonyl (C=O) groups excluding carboxylic acids is 2. The Bertz CT molecular complexity index is 1930. The standard InChI is InChI=1S/C33H28O17/c1-3-26(37)45-11-9-43-22-7-5-20(28-18(35)13-24(32(39)40)49-30(22)28)47-15-17(34)16-48-21-6-8-23(44-10-12-46-27(38)4-2)31-29(21)19(36)14-25(50-31)33(41)42/h3-8,13-14,17,34H,1-2,9-12,15-16H2,(H,39,40)(H,41,42). The van der Waals surface area contributed by atoms with Gasteiger partial charge in [-0.05, 0) is 24.3 Å². The highest BCUT2D eigenvalue weighted by atomic mass is 16.6. The van der Waals surface area contributed by atoms with Crippen LogP contribution in [0.15, 0.2) is 80.1 Å². The lowest BCUT2D eigenvalue weighted by Gasteiger charge is -2.17. The fourth-order valence-electron chi connectivity index (χ4n) is 4.23. The van der Waals surface area contributed by atoms with Crippen LogP contribution >= 0.6 is 0 Å². The van der Waals surface area contributed by atoms with Crippen molar-refractivity contribution >= 4 is 45.8 Å². The van der Waals surface area contributed by atoms with Crippen LogP contribution in [0.2, 0.25) is 0 Å². The molecule has 0 aliphatic carbocycles. The molecule has 0 saturated heterocycles. The normalized spacial score (nSPS) is 10.8. The van der Waals surface area contributed by atoms with Gasteiger partial charge in [0.05, 0.1) is 0 Å². The number of aliphatic hydroxyl groups excluding tert-OH is 1. The van der Waals surface area contributed by atoms with Crippen LogP contribution in [0, 0.1) is 0 Å². The van der Waals surface area contributed by atoms with Gasteiger partial charge in [0, 0.05) is 24.3 Å². The number of hydrogen-bond acceptors (Lipinski definition) is 15. The first-order chi connectivity index (χ1) is 23.9. The Hall–Kier alpha value is -6.62. The molecular formula is C33H28O17. The highest BCUT2D eigenvalue weighted by molar-refractivity contribution is 5.93. The number of fused-ring (bicyclic) bond motifs is 2. The summed E-state index contributed by atoms with van der Waals surface area (Å²) in [6, 6.07) is 6.73. The molecule has 2 aromatic heterocycles. The van der Waals surface area contributed by atoms with Crippen LogP contribution in [-0.4, -0.2) is 84.9 Å². The van der Waals surface area contributed by atoms with Crippen LogP contribution in [0.25, 0.3) is 21.9 Å². The van der Waals surface area contributed by atoms with Gasteiger partial charge >= 0.3 is 23.9 Å². The van der Waals surface area contributed by atoms with Gasteiger partial charge in [-0.25, -0.2) is 19.2 Å². The van der Waals surface area contributed by atoms with Crippen LogP contribution in [0.1, 0.15) is 21.1 Å². The first-order valence-electron chi connectivity index (χ1n) is 14.4. The molecule has 0 fully saturated rings. The molecule has 2 aromatic carbocycles. The molecule has 0 aliphatic rings. The monoisotopic (exact) mass is 696 g/mol. The third kappa shape index (κ3) is 8.84. The molecule has 0 atom stereocenters. The maximum absolute atomic E-state index is 12.9. The van der Waals surface area contributed by atoms with E-state index < -0.39 is 65.6 Å². The van der Waals surface area contributed by atoms with E-state index in [4.69, 9.17) is 37.3 Å². The van der Waals surface area contributed by atoms with Crippen molar-refractivity contribution in [3.05, 3.63) is 93.7 Å². The lowest BCUT2D eigenvalue weighted by Crippen LogP contribution is -2.25. The minimum Gasteiger partial charge on any atom is -0.490 e. The van der Waals surface area contributed by atoms with Gasteiger partial charge in [-0.1, -0.05) is 13.2 Å². The molecule has 3 N–H and O–H groups in total. The van der Waals surface area contributed by atoms with E-state index in [2.05, 4.69) is 13.2 Å². The number of carboxylic acid groups (broad SMARTS) is 2. The van der Waals surface area contributed by atoms with Crippen LogP contribution < -0.4 is 29.8 Å². The minimum atomic E-state index is -1.52. The first kappa shape index (κ1) is 36.2. The van der Waals surface area contributed by atoms with Gasteiger partial charge in [0.25, 0.3) is 0 Å². The first-order valence-corrected chi connectivity index (χ1v) is 14.4. The number of esters is 2. The summed E-state index contributed by atoms with van der Waals surface area (Å²) in [6.07, 6.45) is 0.522. The summed E-state index contributed by atoms with van der Waals surface area (Å²) in [5.41, 5.74) is -2.16. The Morgan fingerprint density at radius 1 is 0.640 bits per heavy atom. The predicted octanol–water partition coefficient (Wildman–Crippen LogP) is 2.33. The zero-order chi connectivity index (χ0) is 36.4. The molecule has 17 heteroatoms. The number of rotatable bonds is 18. The number of carbonyl (C=O) groups is 4. The average Bonchev–Trinajstić information content (AvgIpc) is 3.09. The Labute approximate surface area is 280 Å². The summed E-state index contributed by atoms with van der Waals surface area (Å²) in [5, 5.41) is 29.0. The van der Waals surface area contributed by atoms with Crippen molar-refractivity contribution in [2.45, 2.75) is 6.10 Å². The lowest BCUT2D eigenvalue weighted by atomic mass is 10.1. The van der Waals surface area contributed by atoms with Gasteiger partial charge < -0.3 is 52.6 Å². The summed E-state index contributed by atoms with van der Waals surface area (Å²) in [7, 11) is 0. The van der Waals surface area contributed by atoms with Crippen LogP contribution in [0.4, 0.5) is 0 Å². The highest BCUT2D eigenvalue weighted by Crippen LogP contribution is 2.33. The number of ether oxygens (including phenoxy) is 6. The van der Waals surface area contributed by atoms with E-state index in [0.29, 0.717) is 0 Å². The molecule has 262 valence electrons. The molecule has 0 spiro atoms. The number of benzene rings is 2. The largest absolute Gasteiger partial charge is 0.490 e. The molecule has 2 heterocycles. The topological polar surface area (TPSA) is 245 Å². The van der Waals surface area contributed by atoms with Gasteiger partial charge in [0.1, 0.15) is 68.0 Å². The molecule has 0 saturated carbocycles. The number of hydrogen-bond donors (Lipinski definition) is 3. The summed E-state index contributed by atoms with van der Waals surface area (Å²) in [4.78, 5) is 71.4. The molecule has 4 rings (SSSR count). The second-order valence-electron chi connectivity index (χ2n) is 9.81. The van der Waals surface area contributed by atoms with Crippen molar-refractivity contribution in [2.75, 3.05) is 39.6 Å². The quantitative estimate of drug-likeness (QED) is 0.0767. The smallest absolute Gasteiger partial charge is 0.371 e. The summed E-state index contributed by atoms with van der Waals surface area (Å²) < 4.78 is 42.8. The van der Waals surface area contributed by atoms with Gasteiger partial charge in [-0.15, -0.1) is 0 Å². The van der Waals surface area contributed by atoms with E-state index in [1.165, 1.54) is 24.3 Å². The Morgan fingerprint density at radius 2 is 1.02 bits per heavy atom. The van der Waals surface area contributed by atoms with Crippen molar-refractivity contribution < 1.29 is 71.8 Å². The maximum atomic E-state index is 12.9. The van der Waals surface area contributed by atoms with E-state index in [1.807, 2.05) is 0 Å². The molecule has 50 heavy (non-hydrogen) atoms. The Kier molecular flexibility index (Phi) is 11.9. The van der Waals surface area contributed by atoms with E-state index >= 15 is 0 Å². The average molecular weight is 697 g/mol. The van der Waals surface area contributed by atoms with Crippen molar-refractivity contribution in [3.63, 3.8) is 0 Å². The second kappa shape index (κ2) is 16.5. The van der Waals surface area contributed by atoms with Gasteiger partial charge in [0.15, 0.2) is 33.5 Å². The summed E-state index contributed by atoms with van der Waals surface area (Å²) >= 11 is 0. The summed E-state index contributed by atoms with van der Waals surface area (Å²) in [6.45, 7) is 4.83. The van der Waals surface area contributed by atoms with Gasteiger partial charge in [0.2, 0.25) is 11.5 Å². The van der Waals surface area contributed by atoms with Crippen LogP contribution in [-0.2, 0) is 19.1 Å². The van der Waals surface area contributed by atoms with Crippen molar-refractivity contribution in [2.24, 2.45) is 0 Å². The number of carboxylic acids is 2. The zero-order valence-electron chi connectivity index (χ0n) is 25.9. The van der Waals surface area contributed by atoms with E-state index in [0.717, 1.165) is 24.3 Å². The predicted molar refractivity (Wildman–Crippen MR) is 169 cm³/mol. The number of aromatic carboxylic acids is 2. The fourth-order valence-corrected chi connectivity index (χ4v) is 4.23. The molecule has 17 nitrogen and oxygen atoms in total. The van der Waals surface area contributed by atoms with Gasteiger partial charge in [-0.3, -0.25) is 9.59 Å². The van der Waals surface area contributed by atoms with E-state index in [9.17, 15) is 44.1 Å². The third-order valence-corrected chi connectivity index (χ3v) is 6.40. The minimum absolute atomic E-state index is 0.0620. The second-order valence-corrected chi connectivity index (χ2v) is 9.81. The Balaban J connectivity index is 1.51. The Morgan fingerprint density at radius 3 is 1.38 bits per heavy atom. The zero-order valence-corrected chi connectivity index (χ0v) is 25.9. The van der Waals surface area contributed by atoms with Crippen molar-refractivity contribution in [1.29, 1.82) is 0 Å². The van der Waals surface area contributed by atoms with Crippen LogP contribution in [0.5, 0.6) is 23.0 Å². The maximum Gasteiger partial charge on any atom is 0.371 e. The van der Waals surface area contributed by atoms with Crippen LogP contribution in [0.3, 0.4) is 0 Å². The molecule has 0 amide bonds. The van der Waals surface area contributed by atoms with Gasteiger partial charge in [-0.2, -0.15) is 0 Å². The lowest BCUT2D eigenvalue weighted by molar-refractivity contribution is -0.139. The van der Waals surface area contributed by atoms with E-state index in [-0.39, 0.29) is 71.4 Å².